The zero-order valence-electron chi connectivity index (χ0n) is 16.3. The van der Waals surface area contributed by atoms with Crippen molar-refractivity contribution in [1.29, 1.82) is 0 Å². The summed E-state index contributed by atoms with van der Waals surface area (Å²) in [6, 6.07) is 11.4. The summed E-state index contributed by atoms with van der Waals surface area (Å²) < 4.78 is 5.93. The zero-order chi connectivity index (χ0) is 19.5. The first-order chi connectivity index (χ1) is 12.8. The highest BCUT2D eigenvalue weighted by molar-refractivity contribution is 5.99. The molecule has 1 amide bonds. The van der Waals surface area contributed by atoms with Gasteiger partial charge in [-0.25, -0.2) is 0 Å². The van der Waals surface area contributed by atoms with Crippen LogP contribution in [0.3, 0.4) is 0 Å². The van der Waals surface area contributed by atoms with Crippen molar-refractivity contribution in [2.75, 3.05) is 7.05 Å². The summed E-state index contributed by atoms with van der Waals surface area (Å²) in [5.74, 6) is 0.339. The third kappa shape index (κ3) is 2.59. The van der Waals surface area contributed by atoms with E-state index in [1.807, 2.05) is 38.1 Å². The maximum atomic E-state index is 13.3. The third-order valence-electron chi connectivity index (χ3n) is 5.64. The van der Waals surface area contributed by atoms with E-state index < -0.39 is 6.04 Å². The molecule has 0 unspecified atom stereocenters. The Bertz CT molecular complexity index is 1120. The van der Waals surface area contributed by atoms with Gasteiger partial charge in [-0.1, -0.05) is 38.1 Å². The quantitative estimate of drug-likeness (QED) is 0.664. The number of carbonyl (C=O) groups excluding carboxylic acids is 1. The molecule has 1 aliphatic heterocycles. The van der Waals surface area contributed by atoms with E-state index in [2.05, 4.69) is 26.0 Å². The van der Waals surface area contributed by atoms with Crippen LogP contribution < -0.4 is 5.43 Å². The molecule has 4 heteroatoms. The van der Waals surface area contributed by atoms with Crippen molar-refractivity contribution in [3.63, 3.8) is 0 Å². The van der Waals surface area contributed by atoms with E-state index in [4.69, 9.17) is 4.42 Å². The fourth-order valence-corrected chi connectivity index (χ4v) is 3.80. The summed E-state index contributed by atoms with van der Waals surface area (Å²) in [4.78, 5) is 27.7. The fourth-order valence-electron chi connectivity index (χ4n) is 3.80. The second-order valence-electron chi connectivity index (χ2n) is 7.75. The van der Waals surface area contributed by atoms with Crippen molar-refractivity contribution in [2.24, 2.45) is 0 Å². The van der Waals surface area contributed by atoms with E-state index in [0.29, 0.717) is 22.5 Å². The third-order valence-corrected chi connectivity index (χ3v) is 5.64. The van der Waals surface area contributed by atoms with Crippen molar-refractivity contribution in [3.8, 4) is 0 Å². The van der Waals surface area contributed by atoms with E-state index >= 15 is 0 Å². The van der Waals surface area contributed by atoms with Gasteiger partial charge in [0.2, 0.25) is 5.76 Å². The van der Waals surface area contributed by atoms with Crippen molar-refractivity contribution in [2.45, 2.75) is 39.7 Å². The summed E-state index contributed by atoms with van der Waals surface area (Å²) in [5, 5.41) is 0.531. The summed E-state index contributed by atoms with van der Waals surface area (Å²) in [6.07, 6.45) is 0. The summed E-state index contributed by atoms with van der Waals surface area (Å²) >= 11 is 0. The Hall–Kier alpha value is -2.88. The van der Waals surface area contributed by atoms with Crippen LogP contribution in [0.2, 0.25) is 0 Å². The van der Waals surface area contributed by atoms with E-state index in [1.54, 1.807) is 11.9 Å². The highest BCUT2D eigenvalue weighted by Crippen LogP contribution is 2.37. The molecule has 0 bridgehead atoms. The Morgan fingerprint density at radius 3 is 2.26 bits per heavy atom. The van der Waals surface area contributed by atoms with Crippen LogP contribution in [0.4, 0.5) is 0 Å². The Labute approximate surface area is 158 Å². The molecule has 4 rings (SSSR count). The van der Waals surface area contributed by atoms with Crippen LogP contribution in [0, 0.1) is 13.8 Å². The SMILES string of the molecule is Cc1cc2oc3c(c(=O)c2cc1C)[C@H](c1ccc(C(C)C)cc1)N(C)C3=O. The number of benzene rings is 2. The maximum absolute atomic E-state index is 13.3. The largest absolute Gasteiger partial charge is 0.450 e. The van der Waals surface area contributed by atoms with Crippen LogP contribution in [0.25, 0.3) is 11.0 Å². The molecule has 2 heterocycles. The molecule has 4 nitrogen and oxygen atoms in total. The molecule has 3 aromatic rings. The first kappa shape index (κ1) is 17.5. The van der Waals surface area contributed by atoms with Crippen LogP contribution in [-0.4, -0.2) is 17.9 Å². The molecule has 1 aliphatic rings. The Morgan fingerprint density at radius 2 is 1.63 bits per heavy atom. The monoisotopic (exact) mass is 361 g/mol. The van der Waals surface area contributed by atoms with Gasteiger partial charge in [0.05, 0.1) is 17.0 Å². The zero-order valence-corrected chi connectivity index (χ0v) is 16.3. The Morgan fingerprint density at radius 1 is 1.00 bits per heavy atom. The standard InChI is InChI=1S/C23H23NO3/c1-12(2)15-6-8-16(9-7-15)20-19-21(25)17-10-13(3)14(4)11-18(17)27-22(19)23(26)24(20)5/h6-12,20H,1-5H3/t20-/m0/s1. The highest BCUT2D eigenvalue weighted by Gasteiger charge is 2.40. The minimum atomic E-state index is -0.420. The average Bonchev–Trinajstić information content (AvgIpc) is 2.89. The van der Waals surface area contributed by atoms with E-state index in [-0.39, 0.29) is 17.1 Å². The lowest BCUT2D eigenvalue weighted by Gasteiger charge is -2.21. The number of nitrogens with zero attached hydrogens (tertiary/aromatic N) is 1. The summed E-state index contributed by atoms with van der Waals surface area (Å²) in [7, 11) is 1.72. The fraction of sp³-hybridized carbons (Fsp3) is 0.304. The van der Waals surface area contributed by atoms with Crippen LogP contribution in [0.15, 0.2) is 45.6 Å². The molecule has 0 aliphatic carbocycles. The van der Waals surface area contributed by atoms with Gasteiger partial charge in [-0.2, -0.15) is 0 Å². The molecule has 2 aromatic carbocycles. The molecule has 0 N–H and O–H groups in total. The maximum Gasteiger partial charge on any atom is 0.290 e. The molecule has 27 heavy (non-hydrogen) atoms. The van der Waals surface area contributed by atoms with Gasteiger partial charge in [0.15, 0.2) is 5.43 Å². The van der Waals surface area contributed by atoms with Crippen molar-refractivity contribution >= 4 is 16.9 Å². The molecule has 0 spiro atoms. The van der Waals surface area contributed by atoms with Gasteiger partial charge in [0, 0.05) is 7.05 Å². The van der Waals surface area contributed by atoms with Gasteiger partial charge in [0.1, 0.15) is 5.58 Å². The normalized spacial score (nSPS) is 16.4. The molecule has 0 fully saturated rings. The average molecular weight is 361 g/mol. The van der Waals surface area contributed by atoms with Crippen LogP contribution >= 0.6 is 0 Å². The number of amides is 1. The molecule has 138 valence electrons. The van der Waals surface area contributed by atoms with E-state index in [9.17, 15) is 9.59 Å². The van der Waals surface area contributed by atoms with E-state index in [1.165, 1.54) is 5.56 Å². The second-order valence-corrected chi connectivity index (χ2v) is 7.75. The van der Waals surface area contributed by atoms with Gasteiger partial charge >= 0.3 is 0 Å². The number of aryl methyl sites for hydroxylation is 2. The number of hydrogen-bond acceptors (Lipinski definition) is 3. The smallest absolute Gasteiger partial charge is 0.290 e. The van der Waals surface area contributed by atoms with Crippen molar-refractivity contribution < 1.29 is 9.21 Å². The summed E-state index contributed by atoms with van der Waals surface area (Å²) in [5.41, 5.74) is 5.00. The van der Waals surface area contributed by atoms with E-state index in [0.717, 1.165) is 16.7 Å². The van der Waals surface area contributed by atoms with Gasteiger partial charge < -0.3 is 9.32 Å². The van der Waals surface area contributed by atoms with Crippen LogP contribution in [0.1, 0.15) is 64.2 Å². The van der Waals surface area contributed by atoms with Gasteiger partial charge in [-0.05, 0) is 54.2 Å². The van der Waals surface area contributed by atoms with Crippen LogP contribution in [-0.2, 0) is 0 Å². The van der Waals surface area contributed by atoms with Crippen molar-refractivity contribution in [3.05, 3.63) is 80.2 Å². The molecular weight excluding hydrogens is 338 g/mol. The van der Waals surface area contributed by atoms with Crippen LogP contribution in [0.5, 0.6) is 0 Å². The second kappa shape index (κ2) is 6.08. The summed E-state index contributed by atoms with van der Waals surface area (Å²) in [6.45, 7) is 8.22. The lowest BCUT2D eigenvalue weighted by atomic mass is 9.95. The lowest BCUT2D eigenvalue weighted by Crippen LogP contribution is -2.25. The number of hydrogen-bond donors (Lipinski definition) is 0. The molecule has 1 atom stereocenters. The molecule has 0 radical (unpaired) electrons. The minimum Gasteiger partial charge on any atom is -0.450 e. The van der Waals surface area contributed by atoms with Crippen molar-refractivity contribution in [1.82, 2.24) is 4.90 Å². The predicted molar refractivity (Wildman–Crippen MR) is 106 cm³/mol. The highest BCUT2D eigenvalue weighted by atomic mass is 16.3. The minimum absolute atomic E-state index is 0.120. The molecule has 0 saturated heterocycles. The predicted octanol–water partition coefficient (Wildman–Crippen LogP) is 4.71. The number of rotatable bonds is 2. The molecular formula is C23H23NO3. The topological polar surface area (TPSA) is 50.5 Å². The first-order valence-corrected chi connectivity index (χ1v) is 9.24. The first-order valence-electron chi connectivity index (χ1n) is 9.24. The van der Waals surface area contributed by atoms with Gasteiger partial charge in [0.25, 0.3) is 5.91 Å². The number of fused-ring (bicyclic) bond motifs is 2. The lowest BCUT2D eigenvalue weighted by molar-refractivity contribution is 0.0771. The molecule has 1 aromatic heterocycles. The van der Waals surface area contributed by atoms with Gasteiger partial charge in [-0.3, -0.25) is 9.59 Å². The number of carbonyl (C=O) groups is 1. The Kier molecular flexibility index (Phi) is 3.95. The van der Waals surface area contributed by atoms with Gasteiger partial charge in [-0.15, -0.1) is 0 Å². The Balaban J connectivity index is 1.95. The molecule has 0 saturated carbocycles.